The summed E-state index contributed by atoms with van der Waals surface area (Å²) in [5.41, 5.74) is 1.28. The van der Waals surface area contributed by atoms with Gasteiger partial charge in [-0.25, -0.2) is 8.42 Å². The van der Waals surface area contributed by atoms with Crippen LogP contribution in [-0.2, 0) is 9.84 Å². The number of aryl methyl sites for hydroxylation is 1. The van der Waals surface area contributed by atoms with Gasteiger partial charge in [-0.1, -0.05) is 29.8 Å². The van der Waals surface area contributed by atoms with E-state index in [4.69, 9.17) is 11.6 Å². The van der Waals surface area contributed by atoms with Gasteiger partial charge in [-0.3, -0.25) is 4.79 Å². The van der Waals surface area contributed by atoms with E-state index in [9.17, 15) is 18.3 Å². The van der Waals surface area contributed by atoms with Crippen molar-refractivity contribution in [3.63, 3.8) is 0 Å². The summed E-state index contributed by atoms with van der Waals surface area (Å²) < 4.78 is 26.2. The third-order valence-corrected chi connectivity index (χ3v) is 6.55. The number of phenolic OH excluding ortho intramolecular Hbond substituents is 1. The molecule has 0 saturated heterocycles. The lowest BCUT2D eigenvalue weighted by atomic mass is 10.1. The highest BCUT2D eigenvalue weighted by atomic mass is 35.5. The Morgan fingerprint density at radius 2 is 1.61 bits per heavy atom. The molecule has 5 nitrogen and oxygen atoms in total. The molecule has 0 spiro atoms. The Hall–Kier alpha value is -2.83. The molecule has 1 amide bonds. The molecule has 28 heavy (non-hydrogen) atoms. The monoisotopic (exact) mass is 415 g/mol. The number of phenols is 1. The zero-order valence-corrected chi connectivity index (χ0v) is 16.8. The number of halogens is 1. The fraction of sp³-hybridized carbons (Fsp3) is 0.0952. The molecule has 0 unspecified atom stereocenters. The number of amides is 1. The second-order valence-corrected chi connectivity index (χ2v) is 8.64. The molecule has 0 saturated carbocycles. The Labute approximate surface area is 168 Å². The van der Waals surface area contributed by atoms with Crippen LogP contribution in [0.1, 0.15) is 21.5 Å². The van der Waals surface area contributed by atoms with Crippen LogP contribution < -0.4 is 5.32 Å². The van der Waals surface area contributed by atoms with E-state index in [-0.39, 0.29) is 21.1 Å². The van der Waals surface area contributed by atoms with Crippen molar-refractivity contribution in [1.82, 2.24) is 0 Å². The predicted molar refractivity (Wildman–Crippen MR) is 109 cm³/mol. The Bertz CT molecular complexity index is 1140. The minimum absolute atomic E-state index is 0.0639. The molecular weight excluding hydrogens is 398 g/mol. The summed E-state index contributed by atoms with van der Waals surface area (Å²) in [6.07, 6.45) is 0. The number of carbonyl (C=O) groups excluding carboxylic acids is 1. The fourth-order valence-corrected chi connectivity index (χ4v) is 4.65. The number of hydrogen-bond acceptors (Lipinski definition) is 4. The number of nitrogens with one attached hydrogen (secondary N) is 1. The normalized spacial score (nSPS) is 11.2. The standard InChI is InChI=1S/C21H18ClNO4S/c1-13-12-18(23-21(25)15-8-10-16(22)11-9-15)14(2)20(19(13)24)28(26,27)17-6-4-3-5-7-17/h3-12,24H,1-2H3,(H,23,25). The average molecular weight is 416 g/mol. The number of anilines is 1. The molecule has 0 bridgehead atoms. The minimum atomic E-state index is -3.97. The maximum Gasteiger partial charge on any atom is 0.255 e. The van der Waals surface area contributed by atoms with E-state index >= 15 is 0 Å². The second kappa shape index (κ2) is 7.66. The Morgan fingerprint density at radius 1 is 1.00 bits per heavy atom. The second-order valence-electron chi connectivity index (χ2n) is 6.32. The molecule has 3 rings (SSSR count). The maximum absolute atomic E-state index is 13.1. The lowest BCUT2D eigenvalue weighted by Crippen LogP contribution is -2.15. The van der Waals surface area contributed by atoms with Gasteiger partial charge in [-0.2, -0.15) is 0 Å². The van der Waals surface area contributed by atoms with Crippen LogP contribution in [0.15, 0.2) is 70.5 Å². The molecule has 0 aliphatic carbocycles. The van der Waals surface area contributed by atoms with Crippen LogP contribution in [0.3, 0.4) is 0 Å². The SMILES string of the molecule is Cc1cc(NC(=O)c2ccc(Cl)cc2)c(C)c(S(=O)(=O)c2ccccc2)c1O. The molecule has 0 atom stereocenters. The number of rotatable bonds is 4. The molecule has 7 heteroatoms. The quantitative estimate of drug-likeness (QED) is 0.602. The first-order valence-corrected chi connectivity index (χ1v) is 10.3. The highest BCUT2D eigenvalue weighted by molar-refractivity contribution is 7.91. The molecule has 0 aromatic heterocycles. The van der Waals surface area contributed by atoms with Crippen molar-refractivity contribution in [2.24, 2.45) is 0 Å². The lowest BCUT2D eigenvalue weighted by Gasteiger charge is -2.17. The third kappa shape index (κ3) is 3.74. The molecule has 3 aromatic carbocycles. The Kier molecular flexibility index (Phi) is 5.45. The first kappa shape index (κ1) is 19.9. The summed E-state index contributed by atoms with van der Waals surface area (Å²) in [6.45, 7) is 3.13. The number of sulfone groups is 1. The summed E-state index contributed by atoms with van der Waals surface area (Å²) in [5, 5.41) is 13.7. The molecule has 0 radical (unpaired) electrons. The van der Waals surface area contributed by atoms with Gasteiger partial charge in [-0.05, 0) is 67.4 Å². The minimum Gasteiger partial charge on any atom is -0.506 e. The van der Waals surface area contributed by atoms with Crippen LogP contribution in [0.5, 0.6) is 5.75 Å². The van der Waals surface area contributed by atoms with Crippen LogP contribution in [0, 0.1) is 13.8 Å². The summed E-state index contributed by atoms with van der Waals surface area (Å²) in [7, 11) is -3.97. The van der Waals surface area contributed by atoms with Gasteiger partial charge < -0.3 is 10.4 Å². The molecule has 0 heterocycles. The number of benzene rings is 3. The summed E-state index contributed by atoms with van der Waals surface area (Å²) in [6, 6.07) is 15.7. The maximum atomic E-state index is 13.1. The van der Waals surface area contributed by atoms with E-state index in [2.05, 4.69) is 5.32 Å². The molecular formula is C21H18ClNO4S. The van der Waals surface area contributed by atoms with Crippen molar-refractivity contribution in [3.8, 4) is 5.75 Å². The van der Waals surface area contributed by atoms with Crippen molar-refractivity contribution in [3.05, 3.63) is 82.4 Å². The predicted octanol–water partition coefficient (Wildman–Crippen LogP) is 4.75. The summed E-state index contributed by atoms with van der Waals surface area (Å²) in [5.74, 6) is -0.737. The van der Waals surface area contributed by atoms with Gasteiger partial charge in [0.05, 0.1) is 4.90 Å². The molecule has 144 valence electrons. The van der Waals surface area contributed by atoms with Crippen LogP contribution in [0.2, 0.25) is 5.02 Å². The Balaban J connectivity index is 2.08. The van der Waals surface area contributed by atoms with Crippen molar-refractivity contribution in [1.29, 1.82) is 0 Å². The van der Waals surface area contributed by atoms with Crippen LogP contribution >= 0.6 is 11.6 Å². The van der Waals surface area contributed by atoms with Crippen molar-refractivity contribution < 1.29 is 18.3 Å². The van der Waals surface area contributed by atoms with E-state index in [1.165, 1.54) is 12.1 Å². The van der Waals surface area contributed by atoms with Gasteiger partial charge in [0.25, 0.3) is 5.91 Å². The van der Waals surface area contributed by atoms with Gasteiger partial charge in [-0.15, -0.1) is 0 Å². The summed E-state index contributed by atoms with van der Waals surface area (Å²) in [4.78, 5) is 12.4. The Morgan fingerprint density at radius 3 is 2.21 bits per heavy atom. The number of aromatic hydroxyl groups is 1. The zero-order valence-electron chi connectivity index (χ0n) is 15.2. The van der Waals surface area contributed by atoms with Crippen LogP contribution in [-0.4, -0.2) is 19.4 Å². The van der Waals surface area contributed by atoms with E-state index in [0.717, 1.165) is 0 Å². The van der Waals surface area contributed by atoms with Crippen molar-refractivity contribution >= 4 is 33.0 Å². The van der Waals surface area contributed by atoms with Gasteiger partial charge in [0.1, 0.15) is 10.6 Å². The molecule has 3 aromatic rings. The van der Waals surface area contributed by atoms with Gasteiger partial charge >= 0.3 is 0 Å². The molecule has 0 aliphatic heterocycles. The fourth-order valence-electron chi connectivity index (χ4n) is 2.84. The van der Waals surface area contributed by atoms with E-state index in [1.54, 1.807) is 62.4 Å². The number of carbonyl (C=O) groups is 1. The third-order valence-electron chi connectivity index (χ3n) is 4.37. The highest BCUT2D eigenvalue weighted by Crippen LogP contribution is 2.38. The molecule has 0 aliphatic rings. The molecule has 0 fully saturated rings. The van der Waals surface area contributed by atoms with Crippen molar-refractivity contribution in [2.75, 3.05) is 5.32 Å². The zero-order chi connectivity index (χ0) is 20.5. The van der Waals surface area contributed by atoms with Gasteiger partial charge in [0.15, 0.2) is 0 Å². The van der Waals surface area contributed by atoms with E-state index < -0.39 is 15.7 Å². The smallest absolute Gasteiger partial charge is 0.255 e. The van der Waals surface area contributed by atoms with Crippen LogP contribution in [0.4, 0.5) is 5.69 Å². The largest absolute Gasteiger partial charge is 0.506 e. The van der Waals surface area contributed by atoms with Gasteiger partial charge in [0, 0.05) is 16.3 Å². The first-order chi connectivity index (χ1) is 13.2. The first-order valence-electron chi connectivity index (χ1n) is 8.42. The summed E-state index contributed by atoms with van der Waals surface area (Å²) >= 11 is 5.84. The molecule has 2 N–H and O–H groups in total. The van der Waals surface area contributed by atoms with Crippen LogP contribution in [0.25, 0.3) is 0 Å². The van der Waals surface area contributed by atoms with Crippen molar-refractivity contribution in [2.45, 2.75) is 23.6 Å². The lowest BCUT2D eigenvalue weighted by molar-refractivity contribution is 0.102. The van der Waals surface area contributed by atoms with E-state index in [0.29, 0.717) is 21.8 Å². The van der Waals surface area contributed by atoms with Gasteiger partial charge in [0.2, 0.25) is 9.84 Å². The average Bonchev–Trinajstić information content (AvgIpc) is 2.67. The van der Waals surface area contributed by atoms with E-state index in [1.807, 2.05) is 0 Å². The highest BCUT2D eigenvalue weighted by Gasteiger charge is 2.27. The topological polar surface area (TPSA) is 83.5 Å². The number of hydrogen-bond donors (Lipinski definition) is 2.